The van der Waals surface area contributed by atoms with Crippen LogP contribution < -0.4 is 0 Å². The Labute approximate surface area is 146 Å². The van der Waals surface area contributed by atoms with Gasteiger partial charge in [0, 0.05) is 38.3 Å². The molecule has 0 bridgehead atoms. The number of piperidine rings is 1. The van der Waals surface area contributed by atoms with E-state index in [2.05, 4.69) is 0 Å². The molecule has 1 aromatic carbocycles. The quantitative estimate of drug-likeness (QED) is 0.924. The van der Waals surface area contributed by atoms with Crippen LogP contribution in [0.3, 0.4) is 0 Å². The van der Waals surface area contributed by atoms with Gasteiger partial charge in [0.05, 0.1) is 22.8 Å². The number of hydrogen-bond acceptors (Lipinski definition) is 3. The van der Waals surface area contributed by atoms with Crippen molar-refractivity contribution in [2.45, 2.75) is 18.4 Å². The highest BCUT2D eigenvalue weighted by atomic mass is 35.5. The Kier molecular flexibility index (Phi) is 4.94. The average molecular weight is 349 g/mol. The van der Waals surface area contributed by atoms with Gasteiger partial charge in [0.25, 0.3) is 5.91 Å². The first-order chi connectivity index (χ1) is 11.5. The van der Waals surface area contributed by atoms with E-state index in [0.29, 0.717) is 43.1 Å². The van der Waals surface area contributed by atoms with E-state index in [1.54, 1.807) is 24.1 Å². The number of aromatic nitrogens is 1. The first-order valence-corrected chi connectivity index (χ1v) is 8.34. The Hall–Kier alpha value is -1.82. The Bertz CT molecular complexity index is 707. The lowest BCUT2D eigenvalue weighted by molar-refractivity contribution is -0.0662. The summed E-state index contributed by atoms with van der Waals surface area (Å²) >= 11 is 6.25. The third kappa shape index (κ3) is 3.48. The van der Waals surface area contributed by atoms with Gasteiger partial charge in [0.2, 0.25) is 0 Å². The summed E-state index contributed by atoms with van der Waals surface area (Å²) in [5.41, 5.74) is 0.531. The van der Waals surface area contributed by atoms with Gasteiger partial charge in [-0.1, -0.05) is 11.6 Å². The van der Waals surface area contributed by atoms with Crippen molar-refractivity contribution in [3.8, 4) is 5.69 Å². The van der Waals surface area contributed by atoms with E-state index < -0.39 is 5.60 Å². The minimum absolute atomic E-state index is 0.103. The first-order valence-electron chi connectivity index (χ1n) is 7.96. The van der Waals surface area contributed by atoms with Crippen LogP contribution in [0.5, 0.6) is 0 Å². The maximum atomic E-state index is 12.8. The molecule has 1 saturated heterocycles. The van der Waals surface area contributed by atoms with E-state index in [9.17, 15) is 9.90 Å². The lowest BCUT2D eigenvalue weighted by Crippen LogP contribution is -2.48. The molecule has 1 fully saturated rings. The standard InChI is InChI=1S/C18H21ClN2O3/c1-24-13-18(23)6-10-21(11-7-18)17(22)15-12-14(4-5-16(15)19)20-8-2-3-9-20/h2-5,8-9,12,23H,6-7,10-11,13H2,1H3. The molecule has 2 aromatic rings. The molecule has 0 unspecified atom stereocenters. The number of nitrogens with zero attached hydrogens (tertiary/aromatic N) is 2. The van der Waals surface area contributed by atoms with Crippen LogP contribution in [0.2, 0.25) is 5.02 Å². The highest BCUT2D eigenvalue weighted by Gasteiger charge is 2.34. The third-order valence-corrected chi connectivity index (χ3v) is 4.81. The summed E-state index contributed by atoms with van der Waals surface area (Å²) in [7, 11) is 1.57. The van der Waals surface area contributed by atoms with Crippen LogP contribution in [0.4, 0.5) is 0 Å². The minimum atomic E-state index is -0.845. The molecule has 2 heterocycles. The van der Waals surface area contributed by atoms with E-state index in [4.69, 9.17) is 16.3 Å². The van der Waals surface area contributed by atoms with Crippen molar-refractivity contribution in [1.29, 1.82) is 0 Å². The van der Waals surface area contributed by atoms with Crippen molar-refractivity contribution in [1.82, 2.24) is 9.47 Å². The molecular formula is C18H21ClN2O3. The van der Waals surface area contributed by atoms with Crippen molar-refractivity contribution in [2.24, 2.45) is 0 Å². The zero-order chi connectivity index (χ0) is 17.2. The highest BCUT2D eigenvalue weighted by molar-refractivity contribution is 6.33. The molecule has 1 aliphatic heterocycles. The molecule has 24 heavy (non-hydrogen) atoms. The lowest BCUT2D eigenvalue weighted by Gasteiger charge is -2.37. The molecule has 128 valence electrons. The average Bonchev–Trinajstić information content (AvgIpc) is 3.10. The molecule has 6 heteroatoms. The SMILES string of the molecule is COCC1(O)CCN(C(=O)c2cc(-n3cccc3)ccc2Cl)CC1. The van der Waals surface area contributed by atoms with Gasteiger partial charge >= 0.3 is 0 Å². The van der Waals surface area contributed by atoms with Crippen LogP contribution in [0.15, 0.2) is 42.7 Å². The van der Waals surface area contributed by atoms with Crippen LogP contribution in [0.1, 0.15) is 23.2 Å². The maximum Gasteiger partial charge on any atom is 0.255 e. The van der Waals surface area contributed by atoms with Gasteiger partial charge in [-0.25, -0.2) is 0 Å². The van der Waals surface area contributed by atoms with E-state index in [0.717, 1.165) is 5.69 Å². The topological polar surface area (TPSA) is 54.7 Å². The summed E-state index contributed by atoms with van der Waals surface area (Å²) in [6.45, 7) is 1.27. The van der Waals surface area contributed by atoms with Gasteiger partial charge in [0.15, 0.2) is 0 Å². The zero-order valence-corrected chi connectivity index (χ0v) is 14.4. The second-order valence-corrected chi connectivity index (χ2v) is 6.61. The van der Waals surface area contributed by atoms with Gasteiger partial charge in [-0.2, -0.15) is 0 Å². The summed E-state index contributed by atoms with van der Waals surface area (Å²) in [5, 5.41) is 10.8. The van der Waals surface area contributed by atoms with Crippen LogP contribution in [-0.4, -0.2) is 52.9 Å². The number of amides is 1. The molecule has 0 atom stereocenters. The first kappa shape index (κ1) is 17.0. The molecule has 3 rings (SSSR count). The van der Waals surface area contributed by atoms with Gasteiger partial charge in [-0.15, -0.1) is 0 Å². The Morgan fingerprint density at radius 2 is 1.96 bits per heavy atom. The predicted octanol–water partition coefficient (Wildman–Crippen LogP) is 2.74. The molecule has 1 N–H and O–H groups in total. The van der Waals surface area contributed by atoms with Gasteiger partial charge in [-0.05, 0) is 43.2 Å². The summed E-state index contributed by atoms with van der Waals surface area (Å²) in [6.07, 6.45) is 4.84. The normalized spacial score (nSPS) is 17.0. The smallest absolute Gasteiger partial charge is 0.255 e. The number of benzene rings is 1. The monoisotopic (exact) mass is 348 g/mol. The maximum absolute atomic E-state index is 12.8. The van der Waals surface area contributed by atoms with Gasteiger partial charge in [0.1, 0.15) is 0 Å². The van der Waals surface area contributed by atoms with Crippen LogP contribution in [-0.2, 0) is 4.74 Å². The number of hydrogen-bond donors (Lipinski definition) is 1. The molecular weight excluding hydrogens is 328 g/mol. The molecule has 1 amide bonds. The number of methoxy groups -OCH3 is 1. The summed E-state index contributed by atoms with van der Waals surface area (Å²) in [5.74, 6) is -0.103. The van der Waals surface area contributed by atoms with Crippen molar-refractivity contribution >= 4 is 17.5 Å². The minimum Gasteiger partial charge on any atom is -0.387 e. The number of halogens is 1. The Morgan fingerprint density at radius 3 is 2.58 bits per heavy atom. The number of likely N-dealkylation sites (tertiary alicyclic amines) is 1. The molecule has 5 nitrogen and oxygen atoms in total. The molecule has 1 aromatic heterocycles. The number of rotatable bonds is 4. The largest absolute Gasteiger partial charge is 0.387 e. The number of aliphatic hydroxyl groups is 1. The van der Waals surface area contributed by atoms with E-state index in [1.807, 2.05) is 35.2 Å². The Morgan fingerprint density at radius 1 is 1.29 bits per heavy atom. The van der Waals surface area contributed by atoms with E-state index in [1.165, 1.54) is 0 Å². The second kappa shape index (κ2) is 6.97. The number of ether oxygens (including phenoxy) is 1. The fourth-order valence-electron chi connectivity index (χ4n) is 3.05. The van der Waals surface area contributed by atoms with Gasteiger partial charge < -0.3 is 19.3 Å². The van der Waals surface area contributed by atoms with Crippen molar-refractivity contribution < 1.29 is 14.6 Å². The summed E-state index contributed by atoms with van der Waals surface area (Å²) in [6, 6.07) is 9.29. The molecule has 1 aliphatic rings. The summed E-state index contributed by atoms with van der Waals surface area (Å²) in [4.78, 5) is 14.6. The van der Waals surface area contributed by atoms with E-state index in [-0.39, 0.29) is 5.91 Å². The molecule has 0 aliphatic carbocycles. The van der Waals surface area contributed by atoms with Gasteiger partial charge in [-0.3, -0.25) is 4.79 Å². The fraction of sp³-hybridized carbons (Fsp3) is 0.389. The third-order valence-electron chi connectivity index (χ3n) is 4.48. The lowest BCUT2D eigenvalue weighted by atomic mass is 9.92. The summed E-state index contributed by atoms with van der Waals surface area (Å²) < 4.78 is 6.99. The number of carbonyl (C=O) groups is 1. The molecule has 0 spiro atoms. The zero-order valence-electron chi connectivity index (χ0n) is 13.6. The molecule has 0 radical (unpaired) electrons. The van der Waals surface area contributed by atoms with Crippen LogP contribution in [0.25, 0.3) is 5.69 Å². The second-order valence-electron chi connectivity index (χ2n) is 6.20. The Balaban J connectivity index is 1.77. The fourth-order valence-corrected chi connectivity index (χ4v) is 3.25. The van der Waals surface area contributed by atoms with Crippen molar-refractivity contribution in [2.75, 3.05) is 26.8 Å². The van der Waals surface area contributed by atoms with E-state index >= 15 is 0 Å². The molecule has 0 saturated carbocycles. The predicted molar refractivity (Wildman–Crippen MR) is 92.7 cm³/mol. The van der Waals surface area contributed by atoms with Crippen molar-refractivity contribution in [3.63, 3.8) is 0 Å². The highest BCUT2D eigenvalue weighted by Crippen LogP contribution is 2.26. The number of carbonyl (C=O) groups excluding carboxylic acids is 1. The van der Waals surface area contributed by atoms with Crippen molar-refractivity contribution in [3.05, 3.63) is 53.3 Å². The van der Waals surface area contributed by atoms with Crippen LogP contribution in [0, 0.1) is 0 Å². The van der Waals surface area contributed by atoms with Crippen LogP contribution >= 0.6 is 11.6 Å².